The monoisotopic (exact) mass is 310 g/mol. The Bertz CT molecular complexity index is 384. The van der Waals surface area contributed by atoms with Crippen molar-refractivity contribution in [3.05, 3.63) is 0 Å². The highest BCUT2D eigenvalue weighted by molar-refractivity contribution is 5.84. The van der Waals surface area contributed by atoms with Gasteiger partial charge >= 0.3 is 0 Å². The molecule has 1 atom stereocenters. The number of piperidine rings is 1. The number of carbonyl (C=O) groups excluding carboxylic acids is 1. The van der Waals surface area contributed by atoms with Crippen molar-refractivity contribution in [3.63, 3.8) is 0 Å². The van der Waals surface area contributed by atoms with Crippen molar-refractivity contribution in [2.75, 3.05) is 46.9 Å². The van der Waals surface area contributed by atoms with E-state index in [1.807, 2.05) is 0 Å². The molecule has 6 heteroatoms. The van der Waals surface area contributed by atoms with Crippen LogP contribution >= 0.6 is 0 Å². The Kier molecular flexibility index (Phi) is 6.49. The van der Waals surface area contributed by atoms with Crippen LogP contribution in [-0.4, -0.2) is 74.7 Å². The average molecular weight is 310 g/mol. The number of ether oxygens (including phenoxy) is 1. The Hall–Kier alpha value is -1.30. The van der Waals surface area contributed by atoms with E-state index in [2.05, 4.69) is 22.1 Å². The Morgan fingerprint density at radius 3 is 2.64 bits per heavy atom. The molecule has 2 saturated heterocycles. The lowest BCUT2D eigenvalue weighted by molar-refractivity contribution is -0.127. The summed E-state index contributed by atoms with van der Waals surface area (Å²) in [6, 6.07) is 0. The van der Waals surface area contributed by atoms with Crippen molar-refractivity contribution >= 4 is 11.9 Å². The van der Waals surface area contributed by atoms with Gasteiger partial charge in [0.05, 0.1) is 6.10 Å². The van der Waals surface area contributed by atoms with Crippen LogP contribution in [-0.2, 0) is 9.53 Å². The van der Waals surface area contributed by atoms with Gasteiger partial charge in [0.1, 0.15) is 6.54 Å². The molecule has 2 rings (SSSR count). The van der Waals surface area contributed by atoms with Gasteiger partial charge in [-0.25, -0.2) is 4.99 Å². The van der Waals surface area contributed by atoms with Crippen LogP contribution in [0.3, 0.4) is 0 Å². The average Bonchev–Trinajstić information content (AvgIpc) is 3.01. The molecule has 6 nitrogen and oxygen atoms in total. The Balaban J connectivity index is 1.92. The van der Waals surface area contributed by atoms with Gasteiger partial charge in [0.25, 0.3) is 0 Å². The molecule has 2 aliphatic rings. The van der Waals surface area contributed by atoms with E-state index < -0.39 is 0 Å². The summed E-state index contributed by atoms with van der Waals surface area (Å²) < 4.78 is 5.66. The molecule has 0 aromatic heterocycles. The number of guanidine groups is 1. The first-order chi connectivity index (χ1) is 10.6. The fourth-order valence-corrected chi connectivity index (χ4v) is 2.78. The van der Waals surface area contributed by atoms with Crippen molar-refractivity contribution in [2.24, 2.45) is 10.9 Å². The maximum Gasteiger partial charge on any atom is 0.243 e. The quantitative estimate of drug-likeness (QED) is 0.620. The first kappa shape index (κ1) is 17.1. The number of rotatable bonds is 4. The van der Waals surface area contributed by atoms with E-state index in [0.717, 1.165) is 51.0 Å². The second-order valence-electron chi connectivity index (χ2n) is 6.61. The van der Waals surface area contributed by atoms with Crippen LogP contribution in [0.15, 0.2) is 4.99 Å². The highest BCUT2D eigenvalue weighted by Gasteiger charge is 2.21. The Morgan fingerprint density at radius 1 is 1.32 bits per heavy atom. The maximum atomic E-state index is 11.8. The molecule has 0 aliphatic carbocycles. The first-order valence-electron chi connectivity index (χ1n) is 8.41. The molecule has 0 aromatic rings. The summed E-state index contributed by atoms with van der Waals surface area (Å²) in [5.74, 6) is 1.67. The summed E-state index contributed by atoms with van der Waals surface area (Å²) in [6.07, 6.45) is 4.89. The van der Waals surface area contributed by atoms with Crippen molar-refractivity contribution in [2.45, 2.75) is 38.7 Å². The predicted octanol–water partition coefficient (Wildman–Crippen LogP) is 0.931. The van der Waals surface area contributed by atoms with E-state index in [0.29, 0.717) is 0 Å². The summed E-state index contributed by atoms with van der Waals surface area (Å²) in [7, 11) is 3.53. The molecule has 1 amide bonds. The van der Waals surface area contributed by atoms with Crippen LogP contribution in [0.4, 0.5) is 0 Å². The maximum absolute atomic E-state index is 11.8. The van der Waals surface area contributed by atoms with E-state index in [1.165, 1.54) is 12.8 Å². The van der Waals surface area contributed by atoms with Gasteiger partial charge in [-0.1, -0.05) is 6.92 Å². The number of carbonyl (C=O) groups is 1. The predicted molar refractivity (Wildman–Crippen MR) is 87.9 cm³/mol. The standard InChI is InChI=1S/C16H30N4O2/c1-13-6-8-20(9-7-13)16(18-12-15(21)19(2)3)17-11-14-5-4-10-22-14/h13-14H,4-12H2,1-3H3,(H,17,18). The topological polar surface area (TPSA) is 57.2 Å². The van der Waals surface area contributed by atoms with Gasteiger partial charge in [-0.2, -0.15) is 0 Å². The fourth-order valence-electron chi connectivity index (χ4n) is 2.78. The summed E-state index contributed by atoms with van der Waals surface area (Å²) in [6.45, 7) is 6.15. The number of likely N-dealkylation sites (tertiary alicyclic amines) is 1. The lowest BCUT2D eigenvalue weighted by atomic mass is 9.99. The third kappa shape index (κ3) is 5.16. The molecule has 2 heterocycles. The van der Waals surface area contributed by atoms with Crippen LogP contribution in [0.1, 0.15) is 32.6 Å². The number of aliphatic imine (C=N–C) groups is 1. The highest BCUT2D eigenvalue weighted by atomic mass is 16.5. The van der Waals surface area contributed by atoms with Gasteiger partial charge in [-0.3, -0.25) is 4.79 Å². The lowest BCUT2D eigenvalue weighted by Crippen LogP contribution is -2.47. The van der Waals surface area contributed by atoms with E-state index in [9.17, 15) is 4.79 Å². The lowest BCUT2D eigenvalue weighted by Gasteiger charge is -2.33. The van der Waals surface area contributed by atoms with Crippen molar-refractivity contribution in [3.8, 4) is 0 Å². The van der Waals surface area contributed by atoms with E-state index >= 15 is 0 Å². The van der Waals surface area contributed by atoms with Gasteiger partial charge in [0.15, 0.2) is 5.96 Å². The molecular formula is C16H30N4O2. The molecule has 0 spiro atoms. The van der Waals surface area contributed by atoms with Crippen LogP contribution in [0, 0.1) is 5.92 Å². The van der Waals surface area contributed by atoms with Crippen LogP contribution in [0.2, 0.25) is 0 Å². The molecule has 1 unspecified atom stereocenters. The Morgan fingerprint density at radius 2 is 2.05 bits per heavy atom. The minimum absolute atomic E-state index is 0.0294. The largest absolute Gasteiger partial charge is 0.376 e. The molecule has 22 heavy (non-hydrogen) atoms. The minimum atomic E-state index is 0.0294. The zero-order valence-corrected chi connectivity index (χ0v) is 14.2. The zero-order valence-electron chi connectivity index (χ0n) is 14.2. The molecule has 2 fully saturated rings. The smallest absolute Gasteiger partial charge is 0.243 e. The SMILES string of the molecule is CC1CCN(C(=NCC(=O)N(C)C)NCC2CCCO2)CC1. The van der Waals surface area contributed by atoms with E-state index in [-0.39, 0.29) is 18.6 Å². The van der Waals surface area contributed by atoms with Crippen molar-refractivity contribution in [1.82, 2.24) is 15.1 Å². The molecule has 0 bridgehead atoms. The summed E-state index contributed by atoms with van der Waals surface area (Å²) in [4.78, 5) is 20.2. The molecule has 0 saturated carbocycles. The fraction of sp³-hybridized carbons (Fsp3) is 0.875. The van der Waals surface area contributed by atoms with Crippen molar-refractivity contribution < 1.29 is 9.53 Å². The summed E-state index contributed by atoms with van der Waals surface area (Å²) in [5.41, 5.74) is 0. The molecule has 1 N–H and O–H groups in total. The van der Waals surface area contributed by atoms with Crippen molar-refractivity contribution in [1.29, 1.82) is 0 Å². The van der Waals surface area contributed by atoms with Crippen LogP contribution in [0.5, 0.6) is 0 Å². The summed E-state index contributed by atoms with van der Waals surface area (Å²) in [5, 5.41) is 3.42. The molecule has 2 aliphatic heterocycles. The normalized spacial score (nSPS) is 23.7. The minimum Gasteiger partial charge on any atom is -0.376 e. The number of likely N-dealkylation sites (N-methyl/N-ethyl adjacent to an activating group) is 1. The number of amides is 1. The number of hydrogen-bond acceptors (Lipinski definition) is 3. The Labute approximate surface area is 133 Å². The van der Waals surface area contributed by atoms with Gasteiger partial charge in [-0.15, -0.1) is 0 Å². The number of hydrogen-bond donors (Lipinski definition) is 1. The third-order valence-electron chi connectivity index (χ3n) is 4.46. The molecule has 0 aromatic carbocycles. The first-order valence-corrected chi connectivity index (χ1v) is 8.41. The highest BCUT2D eigenvalue weighted by Crippen LogP contribution is 2.16. The van der Waals surface area contributed by atoms with Gasteiger partial charge in [0.2, 0.25) is 5.91 Å². The second-order valence-corrected chi connectivity index (χ2v) is 6.61. The molecule has 126 valence electrons. The zero-order chi connectivity index (χ0) is 15.9. The summed E-state index contributed by atoms with van der Waals surface area (Å²) >= 11 is 0. The van der Waals surface area contributed by atoms with Gasteiger partial charge in [0, 0.05) is 40.3 Å². The van der Waals surface area contributed by atoms with Crippen LogP contribution < -0.4 is 5.32 Å². The number of nitrogens with zero attached hydrogens (tertiary/aromatic N) is 3. The molecule has 0 radical (unpaired) electrons. The van der Waals surface area contributed by atoms with Gasteiger partial charge in [-0.05, 0) is 31.6 Å². The number of nitrogens with one attached hydrogen (secondary N) is 1. The second kappa shape index (κ2) is 8.36. The van der Waals surface area contributed by atoms with E-state index in [1.54, 1.807) is 19.0 Å². The molecular weight excluding hydrogens is 280 g/mol. The van der Waals surface area contributed by atoms with Crippen LogP contribution in [0.25, 0.3) is 0 Å². The third-order valence-corrected chi connectivity index (χ3v) is 4.46. The van der Waals surface area contributed by atoms with E-state index in [4.69, 9.17) is 4.74 Å². The van der Waals surface area contributed by atoms with Gasteiger partial charge < -0.3 is 19.9 Å².